The topological polar surface area (TPSA) is 37.3 Å². The summed E-state index contributed by atoms with van der Waals surface area (Å²) in [6.07, 6.45) is 2.97. The van der Waals surface area contributed by atoms with Gasteiger partial charge in [0.15, 0.2) is 0 Å². The van der Waals surface area contributed by atoms with Crippen LogP contribution in [0.5, 0.6) is 0 Å². The molecular formula is C17H25N3O. The quantitative estimate of drug-likeness (QED) is 0.795. The number of carbonyl (C=O) groups is 1. The number of nitrogens with one attached hydrogen (secondary N) is 1. The fraction of sp³-hybridized carbons (Fsp3) is 0.471. The van der Waals surface area contributed by atoms with Crippen LogP contribution in [-0.2, 0) is 7.05 Å². The molecule has 2 aromatic rings. The van der Waals surface area contributed by atoms with Crippen LogP contribution in [0.1, 0.15) is 30.6 Å². The van der Waals surface area contributed by atoms with E-state index in [2.05, 4.69) is 24.1 Å². The number of rotatable bonds is 7. The first kappa shape index (κ1) is 15.6. The maximum absolute atomic E-state index is 12.3. The van der Waals surface area contributed by atoms with Crippen molar-refractivity contribution in [2.45, 2.75) is 20.3 Å². The number of aryl methyl sites for hydroxylation is 1. The van der Waals surface area contributed by atoms with E-state index in [9.17, 15) is 4.79 Å². The summed E-state index contributed by atoms with van der Waals surface area (Å²) in [5.74, 6) is 0.0198. The van der Waals surface area contributed by atoms with Crippen molar-refractivity contribution in [1.82, 2.24) is 14.8 Å². The average Bonchev–Trinajstić information content (AvgIpc) is 2.89. The number of amides is 1. The second-order valence-electron chi connectivity index (χ2n) is 5.30. The third-order valence-corrected chi connectivity index (χ3v) is 4.00. The molecule has 0 saturated carbocycles. The molecule has 1 amide bonds. The Morgan fingerprint density at radius 3 is 2.71 bits per heavy atom. The van der Waals surface area contributed by atoms with Crippen LogP contribution in [0, 0.1) is 0 Å². The molecule has 0 atom stereocenters. The van der Waals surface area contributed by atoms with E-state index in [1.165, 1.54) is 0 Å². The van der Waals surface area contributed by atoms with Crippen LogP contribution >= 0.6 is 0 Å². The molecule has 0 unspecified atom stereocenters. The van der Waals surface area contributed by atoms with Crippen molar-refractivity contribution in [2.75, 3.05) is 26.2 Å². The molecule has 0 fully saturated rings. The van der Waals surface area contributed by atoms with Gasteiger partial charge in [0, 0.05) is 36.3 Å². The first-order valence-corrected chi connectivity index (χ1v) is 7.72. The summed E-state index contributed by atoms with van der Waals surface area (Å²) in [6.45, 7) is 8.21. The number of carbonyl (C=O) groups excluding carboxylic acids is 1. The minimum Gasteiger partial charge on any atom is -0.352 e. The molecule has 114 valence electrons. The Balaban J connectivity index is 1.94. The van der Waals surface area contributed by atoms with Gasteiger partial charge in [-0.2, -0.15) is 0 Å². The van der Waals surface area contributed by atoms with Crippen molar-refractivity contribution in [2.24, 2.45) is 7.05 Å². The summed E-state index contributed by atoms with van der Waals surface area (Å²) in [4.78, 5) is 14.7. The molecule has 0 aliphatic heterocycles. The molecular weight excluding hydrogens is 262 g/mol. The Morgan fingerprint density at radius 1 is 1.24 bits per heavy atom. The number of aromatic nitrogens is 1. The van der Waals surface area contributed by atoms with Crippen molar-refractivity contribution < 1.29 is 4.79 Å². The predicted octanol–water partition coefficient (Wildman–Crippen LogP) is 2.64. The van der Waals surface area contributed by atoms with Gasteiger partial charge in [0.25, 0.3) is 5.91 Å². The second kappa shape index (κ2) is 7.27. The van der Waals surface area contributed by atoms with Crippen molar-refractivity contribution in [3.05, 3.63) is 36.0 Å². The zero-order chi connectivity index (χ0) is 15.2. The third kappa shape index (κ3) is 3.64. The molecule has 1 N–H and O–H groups in total. The van der Waals surface area contributed by atoms with Gasteiger partial charge < -0.3 is 14.8 Å². The zero-order valence-electron chi connectivity index (χ0n) is 13.2. The van der Waals surface area contributed by atoms with E-state index in [-0.39, 0.29) is 5.91 Å². The van der Waals surface area contributed by atoms with E-state index in [1.54, 1.807) is 0 Å². The van der Waals surface area contributed by atoms with Crippen LogP contribution in [0.2, 0.25) is 0 Å². The van der Waals surface area contributed by atoms with Crippen molar-refractivity contribution in [3.63, 3.8) is 0 Å². The molecule has 4 heteroatoms. The van der Waals surface area contributed by atoms with Gasteiger partial charge in [-0.3, -0.25) is 4.79 Å². The lowest BCUT2D eigenvalue weighted by atomic mass is 10.1. The van der Waals surface area contributed by atoms with Gasteiger partial charge in [0.05, 0.1) is 0 Å². The molecule has 0 bridgehead atoms. The fourth-order valence-corrected chi connectivity index (χ4v) is 2.64. The van der Waals surface area contributed by atoms with Crippen LogP contribution < -0.4 is 5.32 Å². The largest absolute Gasteiger partial charge is 0.352 e. The molecule has 1 aromatic carbocycles. The highest BCUT2D eigenvalue weighted by atomic mass is 16.1. The molecule has 21 heavy (non-hydrogen) atoms. The minimum absolute atomic E-state index is 0.0198. The summed E-state index contributed by atoms with van der Waals surface area (Å²) in [5.41, 5.74) is 1.85. The lowest BCUT2D eigenvalue weighted by Gasteiger charge is -2.17. The first-order chi connectivity index (χ1) is 10.2. The summed E-state index contributed by atoms with van der Waals surface area (Å²) >= 11 is 0. The molecule has 1 aromatic heterocycles. The molecule has 4 nitrogen and oxygen atoms in total. The molecule has 0 spiro atoms. The third-order valence-electron chi connectivity index (χ3n) is 4.00. The summed E-state index contributed by atoms with van der Waals surface area (Å²) in [7, 11) is 1.99. The van der Waals surface area contributed by atoms with E-state index >= 15 is 0 Å². The Labute approximate surface area is 126 Å². The van der Waals surface area contributed by atoms with E-state index < -0.39 is 0 Å². The van der Waals surface area contributed by atoms with Gasteiger partial charge in [-0.05, 0) is 44.3 Å². The molecule has 0 saturated heterocycles. The van der Waals surface area contributed by atoms with Gasteiger partial charge >= 0.3 is 0 Å². The lowest BCUT2D eigenvalue weighted by Crippen LogP contribution is -2.29. The van der Waals surface area contributed by atoms with Crippen LogP contribution in [0.4, 0.5) is 0 Å². The number of nitrogens with zero attached hydrogens (tertiary/aromatic N) is 2. The Morgan fingerprint density at radius 2 is 2.00 bits per heavy atom. The summed E-state index contributed by atoms with van der Waals surface area (Å²) in [5, 5.41) is 4.04. The normalized spacial score (nSPS) is 11.2. The zero-order valence-corrected chi connectivity index (χ0v) is 13.2. The van der Waals surface area contributed by atoms with Crippen LogP contribution in [-0.4, -0.2) is 41.6 Å². The lowest BCUT2D eigenvalue weighted by molar-refractivity contribution is 0.0953. The average molecular weight is 287 g/mol. The van der Waals surface area contributed by atoms with E-state index in [1.807, 2.05) is 42.1 Å². The maximum atomic E-state index is 12.3. The van der Waals surface area contributed by atoms with Gasteiger partial charge in [0.1, 0.15) is 0 Å². The number of hydrogen-bond acceptors (Lipinski definition) is 2. The van der Waals surface area contributed by atoms with Crippen molar-refractivity contribution in [1.29, 1.82) is 0 Å². The highest BCUT2D eigenvalue weighted by Crippen LogP contribution is 2.19. The molecule has 0 aliphatic rings. The summed E-state index contributed by atoms with van der Waals surface area (Å²) < 4.78 is 2.03. The highest BCUT2D eigenvalue weighted by Gasteiger charge is 2.10. The second-order valence-corrected chi connectivity index (χ2v) is 5.30. The van der Waals surface area contributed by atoms with Gasteiger partial charge in [-0.25, -0.2) is 0 Å². The van der Waals surface area contributed by atoms with Gasteiger partial charge in [-0.15, -0.1) is 0 Å². The molecule has 0 aliphatic carbocycles. The smallest absolute Gasteiger partial charge is 0.251 e. The van der Waals surface area contributed by atoms with Crippen LogP contribution in [0.25, 0.3) is 10.9 Å². The predicted molar refractivity (Wildman–Crippen MR) is 87.7 cm³/mol. The van der Waals surface area contributed by atoms with Gasteiger partial charge in [-0.1, -0.05) is 19.9 Å². The minimum atomic E-state index is 0.0198. The molecule has 1 heterocycles. The first-order valence-electron chi connectivity index (χ1n) is 7.72. The number of hydrogen-bond donors (Lipinski definition) is 1. The van der Waals surface area contributed by atoms with Gasteiger partial charge in [0.2, 0.25) is 0 Å². The molecule has 0 radical (unpaired) electrons. The Kier molecular flexibility index (Phi) is 5.39. The highest BCUT2D eigenvalue weighted by molar-refractivity contribution is 6.06. The van der Waals surface area contributed by atoms with Crippen LogP contribution in [0.15, 0.2) is 30.5 Å². The van der Waals surface area contributed by atoms with Crippen molar-refractivity contribution >= 4 is 16.8 Å². The molecule has 2 rings (SSSR count). The van der Waals surface area contributed by atoms with E-state index in [0.29, 0.717) is 0 Å². The van der Waals surface area contributed by atoms with E-state index in [4.69, 9.17) is 0 Å². The standard InChI is InChI=1S/C17H25N3O/c1-4-20(5-2)12-7-11-18-17(21)15-8-6-9-16-14(15)10-13-19(16)3/h6,8-10,13H,4-5,7,11-12H2,1-3H3,(H,18,21). The Hall–Kier alpha value is -1.81. The van der Waals surface area contributed by atoms with Crippen LogP contribution in [0.3, 0.4) is 0 Å². The summed E-state index contributed by atoms with van der Waals surface area (Å²) in [6, 6.07) is 7.86. The van der Waals surface area contributed by atoms with Crippen molar-refractivity contribution in [3.8, 4) is 0 Å². The maximum Gasteiger partial charge on any atom is 0.251 e. The SMILES string of the molecule is CCN(CC)CCCNC(=O)c1cccc2c1ccn2C. The number of fused-ring (bicyclic) bond motifs is 1. The van der Waals surface area contributed by atoms with E-state index in [0.717, 1.165) is 49.1 Å². The fourth-order valence-electron chi connectivity index (χ4n) is 2.64. The Bertz CT molecular complexity index is 599. The monoisotopic (exact) mass is 287 g/mol. The number of benzene rings is 1.